The summed E-state index contributed by atoms with van der Waals surface area (Å²) >= 11 is 5.37. The minimum absolute atomic E-state index is 0.282. The van der Waals surface area contributed by atoms with Gasteiger partial charge in [0.2, 0.25) is 0 Å². The van der Waals surface area contributed by atoms with Crippen LogP contribution in [-0.2, 0) is 15.6 Å². The van der Waals surface area contributed by atoms with Gasteiger partial charge >= 0.3 is 0 Å². The highest BCUT2D eigenvalue weighted by atomic mass is 35.5. The Morgan fingerprint density at radius 2 is 2.29 bits per heavy atom. The van der Waals surface area contributed by atoms with Gasteiger partial charge in [-0.3, -0.25) is 4.29 Å². The van der Waals surface area contributed by atoms with Crippen LogP contribution in [0.25, 0.3) is 11.2 Å². The molecule has 0 aliphatic rings. The first kappa shape index (κ1) is 12.0. The topological polar surface area (TPSA) is 88.1 Å². The summed E-state index contributed by atoms with van der Waals surface area (Å²) in [6.07, 6.45) is 2.73. The zero-order valence-corrected chi connectivity index (χ0v) is 9.96. The zero-order chi connectivity index (χ0) is 12.3. The fourth-order valence-electron chi connectivity index (χ4n) is 1.54. The summed E-state index contributed by atoms with van der Waals surface area (Å²) in [5.41, 5.74) is 6.90. The second-order valence-electron chi connectivity index (χ2n) is 3.49. The maximum Gasteiger partial charge on any atom is 0.165 e. The summed E-state index contributed by atoms with van der Waals surface area (Å²) in [4.78, 5) is 12.1. The molecule has 0 fully saturated rings. The Bertz CT molecular complexity index is 503. The highest BCUT2D eigenvalue weighted by Gasteiger charge is 2.13. The van der Waals surface area contributed by atoms with Crippen molar-refractivity contribution in [1.82, 2.24) is 19.5 Å². The van der Waals surface area contributed by atoms with Crippen LogP contribution in [0.3, 0.4) is 0 Å². The molecule has 0 aliphatic heterocycles. The summed E-state index contributed by atoms with van der Waals surface area (Å²) in [5.74, 6) is 0.351. The summed E-state index contributed by atoms with van der Waals surface area (Å²) in [5, 5.41) is 0. The lowest BCUT2D eigenvalue weighted by Crippen LogP contribution is -2.22. The van der Waals surface area contributed by atoms with E-state index in [9.17, 15) is 0 Å². The van der Waals surface area contributed by atoms with Crippen LogP contribution in [0.4, 0.5) is 5.82 Å². The first-order valence-corrected chi connectivity index (χ1v) is 5.24. The Kier molecular flexibility index (Phi) is 3.72. The van der Waals surface area contributed by atoms with Gasteiger partial charge in [-0.25, -0.2) is 15.0 Å². The van der Waals surface area contributed by atoms with E-state index in [0.29, 0.717) is 30.1 Å². The van der Waals surface area contributed by atoms with Crippen molar-refractivity contribution in [2.75, 3.05) is 19.5 Å². The van der Waals surface area contributed by atoms with E-state index < -0.39 is 0 Å². The molecule has 2 N–H and O–H groups in total. The molecule has 8 heteroatoms. The molecule has 1 unspecified atom stereocenters. The molecular formula is C9H12ClN5O2. The summed E-state index contributed by atoms with van der Waals surface area (Å²) in [6.45, 7) is 0.855. The van der Waals surface area contributed by atoms with Gasteiger partial charge in [0.25, 0.3) is 0 Å². The minimum Gasteiger partial charge on any atom is -0.382 e. The van der Waals surface area contributed by atoms with E-state index in [4.69, 9.17) is 26.6 Å². The SMILES string of the molecule is COCC(Cn1cnc2c(N)ncnc21)OCl. The Morgan fingerprint density at radius 1 is 1.47 bits per heavy atom. The van der Waals surface area contributed by atoms with Gasteiger partial charge in [0.05, 0.1) is 31.3 Å². The van der Waals surface area contributed by atoms with Crippen molar-refractivity contribution in [3.63, 3.8) is 0 Å². The van der Waals surface area contributed by atoms with E-state index in [1.165, 1.54) is 6.33 Å². The largest absolute Gasteiger partial charge is 0.382 e. The molecule has 0 saturated heterocycles. The van der Waals surface area contributed by atoms with Crippen molar-refractivity contribution < 1.29 is 9.03 Å². The number of rotatable bonds is 5. The van der Waals surface area contributed by atoms with Crippen molar-refractivity contribution >= 4 is 28.8 Å². The highest BCUT2D eigenvalue weighted by Crippen LogP contribution is 2.15. The van der Waals surface area contributed by atoms with Crippen molar-refractivity contribution in [3.05, 3.63) is 12.7 Å². The van der Waals surface area contributed by atoms with Crippen LogP contribution >= 0.6 is 11.9 Å². The molecule has 0 aromatic carbocycles. The van der Waals surface area contributed by atoms with E-state index in [1.807, 2.05) is 0 Å². The second kappa shape index (κ2) is 5.26. The maximum absolute atomic E-state index is 5.68. The van der Waals surface area contributed by atoms with Crippen LogP contribution in [-0.4, -0.2) is 39.3 Å². The number of fused-ring (bicyclic) bond motifs is 1. The molecule has 1 atom stereocenters. The molecule has 2 aromatic rings. The first-order valence-electron chi connectivity index (χ1n) is 4.94. The second-order valence-corrected chi connectivity index (χ2v) is 3.67. The van der Waals surface area contributed by atoms with Gasteiger partial charge in [-0.05, 0) is 0 Å². The number of halogens is 1. The normalized spacial score (nSPS) is 13.1. The molecular weight excluding hydrogens is 246 g/mol. The van der Waals surface area contributed by atoms with Crippen LogP contribution in [0.15, 0.2) is 12.7 Å². The quantitative estimate of drug-likeness (QED) is 0.844. The van der Waals surface area contributed by atoms with E-state index in [0.717, 1.165) is 0 Å². The van der Waals surface area contributed by atoms with Crippen molar-refractivity contribution in [3.8, 4) is 0 Å². The minimum atomic E-state index is -0.282. The van der Waals surface area contributed by atoms with Gasteiger partial charge < -0.3 is 15.0 Å². The van der Waals surface area contributed by atoms with Crippen molar-refractivity contribution in [2.24, 2.45) is 0 Å². The van der Waals surface area contributed by atoms with Crippen LogP contribution in [0, 0.1) is 0 Å². The fourth-order valence-corrected chi connectivity index (χ4v) is 1.65. The van der Waals surface area contributed by atoms with E-state index in [1.54, 1.807) is 18.0 Å². The monoisotopic (exact) mass is 257 g/mol. The van der Waals surface area contributed by atoms with Crippen molar-refractivity contribution in [1.29, 1.82) is 0 Å². The number of anilines is 1. The Morgan fingerprint density at radius 3 is 3.00 bits per heavy atom. The number of hydrogen-bond donors (Lipinski definition) is 1. The number of nitrogens with two attached hydrogens (primary N) is 1. The fraction of sp³-hybridized carbons (Fsp3) is 0.444. The van der Waals surface area contributed by atoms with Crippen molar-refractivity contribution in [2.45, 2.75) is 12.6 Å². The lowest BCUT2D eigenvalue weighted by atomic mass is 10.4. The summed E-state index contributed by atoms with van der Waals surface area (Å²) in [7, 11) is 1.58. The molecule has 2 rings (SSSR count). The summed E-state index contributed by atoms with van der Waals surface area (Å²) in [6, 6.07) is 0. The average Bonchev–Trinajstić information content (AvgIpc) is 2.73. The lowest BCUT2D eigenvalue weighted by molar-refractivity contribution is 0.0779. The number of hydrogen-bond acceptors (Lipinski definition) is 6. The highest BCUT2D eigenvalue weighted by molar-refractivity contribution is 6.07. The Hall–Kier alpha value is -1.44. The number of ether oxygens (including phenoxy) is 1. The molecule has 0 bridgehead atoms. The number of imidazole rings is 1. The molecule has 92 valence electrons. The average molecular weight is 258 g/mol. The van der Waals surface area contributed by atoms with Gasteiger partial charge in [0, 0.05) is 7.11 Å². The Balaban J connectivity index is 2.27. The van der Waals surface area contributed by atoms with Gasteiger partial charge in [-0.15, -0.1) is 0 Å². The van der Waals surface area contributed by atoms with Gasteiger partial charge in [-0.1, -0.05) is 0 Å². The van der Waals surface area contributed by atoms with Crippen LogP contribution in [0.1, 0.15) is 0 Å². The lowest BCUT2D eigenvalue weighted by Gasteiger charge is -2.12. The maximum atomic E-state index is 5.68. The van der Waals surface area contributed by atoms with Crippen LogP contribution in [0.2, 0.25) is 0 Å². The predicted octanol–water partition coefficient (Wildman–Crippen LogP) is 0.594. The molecule has 0 radical (unpaired) electrons. The van der Waals surface area contributed by atoms with E-state index in [2.05, 4.69) is 15.0 Å². The van der Waals surface area contributed by atoms with Crippen LogP contribution < -0.4 is 5.73 Å². The smallest absolute Gasteiger partial charge is 0.165 e. The van der Waals surface area contributed by atoms with E-state index in [-0.39, 0.29) is 6.10 Å². The van der Waals surface area contributed by atoms with Gasteiger partial charge in [0.1, 0.15) is 17.9 Å². The molecule has 2 heterocycles. The molecule has 0 saturated carbocycles. The molecule has 17 heavy (non-hydrogen) atoms. The molecule has 0 aliphatic carbocycles. The number of nitrogens with zero attached hydrogens (tertiary/aromatic N) is 4. The number of methoxy groups -OCH3 is 1. The standard InChI is InChI=1S/C9H12ClN5O2/c1-16-3-6(17-10)2-15-5-14-7-8(11)12-4-13-9(7)15/h4-6H,2-3H2,1H3,(H2,11,12,13). The third-order valence-corrected chi connectivity index (χ3v) is 2.56. The molecule has 0 amide bonds. The zero-order valence-electron chi connectivity index (χ0n) is 9.21. The van der Waals surface area contributed by atoms with E-state index >= 15 is 0 Å². The van der Waals surface area contributed by atoms with Gasteiger partial charge in [0.15, 0.2) is 11.5 Å². The molecule has 7 nitrogen and oxygen atoms in total. The predicted molar refractivity (Wildman–Crippen MR) is 62.3 cm³/mol. The third-order valence-electron chi connectivity index (χ3n) is 2.31. The van der Waals surface area contributed by atoms with Gasteiger partial charge in [-0.2, -0.15) is 0 Å². The number of aromatic nitrogens is 4. The Labute approximate surface area is 103 Å². The summed E-state index contributed by atoms with van der Waals surface area (Å²) < 4.78 is 11.5. The number of nitrogen functional groups attached to an aromatic ring is 1. The van der Waals surface area contributed by atoms with Crippen LogP contribution in [0.5, 0.6) is 0 Å². The molecule has 0 spiro atoms. The molecule has 2 aromatic heterocycles. The third kappa shape index (κ3) is 2.46. The first-order chi connectivity index (χ1) is 8.26.